The molecule has 5 nitrogen and oxygen atoms in total. The fourth-order valence-electron chi connectivity index (χ4n) is 2.60. The minimum absolute atomic E-state index is 0.0730. The van der Waals surface area contributed by atoms with Crippen LogP contribution in [0, 0.1) is 0 Å². The minimum atomic E-state index is -0.191. The van der Waals surface area contributed by atoms with Gasteiger partial charge >= 0.3 is 0 Å². The second kappa shape index (κ2) is 5.16. The van der Waals surface area contributed by atoms with Gasteiger partial charge in [0, 0.05) is 18.3 Å². The summed E-state index contributed by atoms with van der Waals surface area (Å²) in [7, 11) is 0. The Balaban J connectivity index is 1.97. The predicted molar refractivity (Wildman–Crippen MR) is 80.7 cm³/mol. The first-order valence-electron chi connectivity index (χ1n) is 7.07. The lowest BCUT2D eigenvalue weighted by Gasteiger charge is -2.17. The number of anilines is 1. The molecule has 1 aliphatic rings. The molecule has 2 aromatic rings. The van der Waals surface area contributed by atoms with Crippen molar-refractivity contribution < 1.29 is 4.79 Å². The third-order valence-corrected chi connectivity index (χ3v) is 3.67. The van der Waals surface area contributed by atoms with Gasteiger partial charge in [-0.3, -0.25) is 9.59 Å². The summed E-state index contributed by atoms with van der Waals surface area (Å²) in [4.78, 5) is 26.1. The molecular weight excluding hydrogens is 266 g/mol. The lowest BCUT2D eigenvalue weighted by molar-refractivity contribution is 0.0982. The second-order valence-electron chi connectivity index (χ2n) is 5.43. The van der Waals surface area contributed by atoms with Crippen molar-refractivity contribution in [3.8, 4) is 0 Å². The molecule has 0 aliphatic carbocycles. The zero-order valence-electron chi connectivity index (χ0n) is 12.1. The Hall–Kier alpha value is -2.43. The van der Waals surface area contributed by atoms with Crippen LogP contribution in [-0.4, -0.2) is 22.2 Å². The number of hydrogen-bond donors (Lipinski definition) is 0. The van der Waals surface area contributed by atoms with Gasteiger partial charge in [0.15, 0.2) is 0 Å². The fourth-order valence-corrected chi connectivity index (χ4v) is 2.60. The van der Waals surface area contributed by atoms with Crippen LogP contribution in [-0.2, 0) is 6.42 Å². The zero-order chi connectivity index (χ0) is 15.0. The average molecular weight is 283 g/mol. The quantitative estimate of drug-likeness (QED) is 0.847. The Morgan fingerprint density at radius 3 is 2.71 bits per heavy atom. The van der Waals surface area contributed by atoms with Crippen LogP contribution in [0.15, 0.2) is 41.2 Å². The number of benzene rings is 1. The molecule has 21 heavy (non-hydrogen) atoms. The first-order chi connectivity index (χ1) is 10.1. The van der Waals surface area contributed by atoms with E-state index in [1.54, 1.807) is 4.90 Å². The van der Waals surface area contributed by atoms with E-state index in [1.165, 1.54) is 22.4 Å². The standard InChI is InChI=1S/C16H17N3O2/c1-11(2)19-15(20)8-7-13(17-19)16(21)18-10-9-12-5-3-4-6-14(12)18/h3-8,11H,9-10H2,1-2H3. The SMILES string of the molecule is CC(C)n1nc(C(=O)N2CCc3ccccc32)ccc1=O. The van der Waals surface area contributed by atoms with Crippen LogP contribution in [0.2, 0.25) is 0 Å². The van der Waals surface area contributed by atoms with Crippen LogP contribution >= 0.6 is 0 Å². The van der Waals surface area contributed by atoms with Crippen LogP contribution in [0.3, 0.4) is 0 Å². The Labute approximate surface area is 122 Å². The minimum Gasteiger partial charge on any atom is -0.306 e. The van der Waals surface area contributed by atoms with E-state index < -0.39 is 0 Å². The van der Waals surface area contributed by atoms with E-state index in [9.17, 15) is 9.59 Å². The van der Waals surface area contributed by atoms with Crippen molar-refractivity contribution >= 4 is 11.6 Å². The van der Waals surface area contributed by atoms with E-state index >= 15 is 0 Å². The highest BCUT2D eigenvalue weighted by molar-refractivity contribution is 6.05. The van der Waals surface area contributed by atoms with Crippen molar-refractivity contribution in [2.24, 2.45) is 0 Å². The predicted octanol–water partition coefficient (Wildman–Crippen LogP) is 2.03. The van der Waals surface area contributed by atoms with Gasteiger partial charge in [0.05, 0.1) is 6.04 Å². The molecule has 0 atom stereocenters. The van der Waals surface area contributed by atoms with E-state index in [2.05, 4.69) is 5.10 Å². The first-order valence-corrected chi connectivity index (χ1v) is 7.07. The highest BCUT2D eigenvalue weighted by Crippen LogP contribution is 2.28. The molecule has 0 radical (unpaired) electrons. The van der Waals surface area contributed by atoms with Crippen molar-refractivity contribution in [1.82, 2.24) is 9.78 Å². The van der Waals surface area contributed by atoms with Crippen LogP contribution in [0.4, 0.5) is 5.69 Å². The number of amides is 1. The largest absolute Gasteiger partial charge is 0.306 e. The van der Waals surface area contributed by atoms with Gasteiger partial charge in [-0.2, -0.15) is 5.10 Å². The number of fused-ring (bicyclic) bond motifs is 1. The van der Waals surface area contributed by atoms with Crippen molar-refractivity contribution in [2.45, 2.75) is 26.3 Å². The van der Waals surface area contributed by atoms with Crippen LogP contribution < -0.4 is 10.5 Å². The third-order valence-electron chi connectivity index (χ3n) is 3.67. The molecule has 0 spiro atoms. The van der Waals surface area contributed by atoms with Gasteiger partial charge < -0.3 is 4.90 Å². The van der Waals surface area contributed by atoms with Crippen molar-refractivity contribution in [3.63, 3.8) is 0 Å². The molecule has 0 fully saturated rings. The van der Waals surface area contributed by atoms with Crippen LogP contribution in [0.1, 0.15) is 35.9 Å². The lowest BCUT2D eigenvalue weighted by atomic mass is 10.2. The summed E-state index contributed by atoms with van der Waals surface area (Å²) in [5.41, 5.74) is 2.22. The van der Waals surface area contributed by atoms with E-state index in [1.807, 2.05) is 38.1 Å². The monoisotopic (exact) mass is 283 g/mol. The first kappa shape index (κ1) is 13.5. The molecule has 5 heteroatoms. The summed E-state index contributed by atoms with van der Waals surface area (Å²) in [5.74, 6) is -0.158. The molecule has 3 rings (SSSR count). The van der Waals surface area contributed by atoms with Gasteiger partial charge in [0.2, 0.25) is 0 Å². The summed E-state index contributed by atoms with van der Waals surface area (Å²) in [6.45, 7) is 4.39. The van der Waals surface area contributed by atoms with E-state index in [4.69, 9.17) is 0 Å². The van der Waals surface area contributed by atoms with Crippen molar-refractivity contribution in [1.29, 1.82) is 0 Å². The maximum absolute atomic E-state index is 12.6. The summed E-state index contributed by atoms with van der Waals surface area (Å²) in [6, 6.07) is 10.7. The summed E-state index contributed by atoms with van der Waals surface area (Å²) in [5, 5.41) is 4.20. The number of aromatic nitrogens is 2. The Morgan fingerprint density at radius 1 is 1.19 bits per heavy atom. The molecule has 108 valence electrons. The molecule has 0 saturated heterocycles. The van der Waals surface area contributed by atoms with E-state index in [-0.39, 0.29) is 17.5 Å². The molecule has 0 saturated carbocycles. The number of para-hydroxylation sites is 1. The van der Waals surface area contributed by atoms with Crippen LogP contribution in [0.25, 0.3) is 0 Å². The lowest BCUT2D eigenvalue weighted by Crippen LogP contribution is -2.33. The third kappa shape index (κ3) is 2.35. The highest BCUT2D eigenvalue weighted by Gasteiger charge is 2.26. The van der Waals surface area contributed by atoms with Gasteiger partial charge in [-0.05, 0) is 38.0 Å². The number of carbonyl (C=O) groups is 1. The summed E-state index contributed by atoms with van der Waals surface area (Å²) >= 11 is 0. The Morgan fingerprint density at radius 2 is 1.95 bits per heavy atom. The second-order valence-corrected chi connectivity index (χ2v) is 5.43. The Bertz CT molecular complexity index is 749. The van der Waals surface area contributed by atoms with Crippen molar-refractivity contribution in [3.05, 3.63) is 58.0 Å². The smallest absolute Gasteiger partial charge is 0.278 e. The molecule has 1 amide bonds. The van der Waals surface area contributed by atoms with Crippen molar-refractivity contribution in [2.75, 3.05) is 11.4 Å². The molecule has 0 unspecified atom stereocenters. The molecule has 0 bridgehead atoms. The maximum atomic E-state index is 12.6. The average Bonchev–Trinajstić information content (AvgIpc) is 2.90. The molecule has 1 aromatic carbocycles. The van der Waals surface area contributed by atoms with E-state index in [0.29, 0.717) is 12.2 Å². The fraction of sp³-hybridized carbons (Fsp3) is 0.312. The molecular formula is C16H17N3O2. The maximum Gasteiger partial charge on any atom is 0.278 e. The Kier molecular flexibility index (Phi) is 3.33. The molecule has 2 heterocycles. The van der Waals surface area contributed by atoms with Gasteiger partial charge in [-0.25, -0.2) is 4.68 Å². The number of hydrogen-bond acceptors (Lipinski definition) is 3. The molecule has 0 N–H and O–H groups in total. The van der Waals surface area contributed by atoms with Gasteiger partial charge in [0.1, 0.15) is 5.69 Å². The number of carbonyl (C=O) groups excluding carboxylic acids is 1. The number of rotatable bonds is 2. The van der Waals surface area contributed by atoms with Gasteiger partial charge in [-0.15, -0.1) is 0 Å². The van der Waals surface area contributed by atoms with Crippen LogP contribution in [0.5, 0.6) is 0 Å². The summed E-state index contributed by atoms with van der Waals surface area (Å²) in [6.07, 6.45) is 0.853. The normalized spacial score (nSPS) is 13.6. The number of nitrogens with zero attached hydrogens (tertiary/aromatic N) is 3. The molecule has 1 aromatic heterocycles. The zero-order valence-corrected chi connectivity index (χ0v) is 12.1. The van der Waals surface area contributed by atoms with Gasteiger partial charge in [-0.1, -0.05) is 18.2 Å². The molecule has 1 aliphatic heterocycles. The van der Waals surface area contributed by atoms with Gasteiger partial charge in [0.25, 0.3) is 11.5 Å². The topological polar surface area (TPSA) is 55.2 Å². The van der Waals surface area contributed by atoms with E-state index in [0.717, 1.165) is 12.1 Å². The highest BCUT2D eigenvalue weighted by atomic mass is 16.2. The summed E-state index contributed by atoms with van der Waals surface area (Å²) < 4.78 is 1.34.